The lowest BCUT2D eigenvalue weighted by Crippen LogP contribution is -2.29. The third-order valence-electron chi connectivity index (χ3n) is 6.02. The number of hydrogen-bond acceptors (Lipinski definition) is 7. The normalized spacial score (nSPS) is 16.5. The Hall–Kier alpha value is -4.59. The Bertz CT molecular complexity index is 1360. The van der Waals surface area contributed by atoms with Gasteiger partial charge in [0, 0.05) is 16.8 Å². The molecule has 1 N–H and O–H groups in total. The molecule has 1 unspecified atom stereocenters. The van der Waals surface area contributed by atoms with Gasteiger partial charge in [0.15, 0.2) is 0 Å². The number of anilines is 1. The minimum Gasteiger partial charge on any atom is -0.507 e. The predicted octanol–water partition coefficient (Wildman–Crippen LogP) is 4.90. The highest BCUT2D eigenvalue weighted by Crippen LogP contribution is 2.45. The van der Waals surface area contributed by atoms with Gasteiger partial charge in [0.05, 0.1) is 38.0 Å². The summed E-state index contributed by atoms with van der Waals surface area (Å²) >= 11 is 0. The molecule has 37 heavy (non-hydrogen) atoms. The van der Waals surface area contributed by atoms with Crippen LogP contribution in [-0.4, -0.2) is 43.6 Å². The number of para-hydroxylation sites is 1. The molecule has 0 radical (unpaired) electrons. The van der Waals surface area contributed by atoms with Gasteiger partial charge in [-0.1, -0.05) is 37.3 Å². The Morgan fingerprint density at radius 3 is 2.35 bits per heavy atom. The maximum atomic E-state index is 13.4. The van der Waals surface area contributed by atoms with Crippen molar-refractivity contribution in [3.05, 3.63) is 95.1 Å². The van der Waals surface area contributed by atoms with Gasteiger partial charge >= 0.3 is 5.97 Å². The lowest BCUT2D eigenvalue weighted by molar-refractivity contribution is -0.132. The van der Waals surface area contributed by atoms with Gasteiger partial charge in [0.25, 0.3) is 11.7 Å². The van der Waals surface area contributed by atoms with Gasteiger partial charge in [0.2, 0.25) is 0 Å². The van der Waals surface area contributed by atoms with Crippen LogP contribution in [-0.2, 0) is 14.3 Å². The van der Waals surface area contributed by atoms with Crippen LogP contribution in [0.5, 0.6) is 11.5 Å². The first-order valence-electron chi connectivity index (χ1n) is 11.8. The highest BCUT2D eigenvalue weighted by atomic mass is 16.5. The topological polar surface area (TPSA) is 102 Å². The van der Waals surface area contributed by atoms with Gasteiger partial charge in [0.1, 0.15) is 17.3 Å². The van der Waals surface area contributed by atoms with Crippen LogP contribution in [0, 0.1) is 0 Å². The Balaban J connectivity index is 1.89. The van der Waals surface area contributed by atoms with E-state index in [1.807, 2.05) is 6.92 Å². The number of ketones is 1. The molecular weight excluding hydrogens is 474 g/mol. The maximum absolute atomic E-state index is 13.4. The van der Waals surface area contributed by atoms with Crippen LogP contribution in [0.1, 0.15) is 40.9 Å². The molecule has 8 nitrogen and oxygen atoms in total. The number of methoxy groups -OCH3 is 2. The number of amides is 1. The summed E-state index contributed by atoms with van der Waals surface area (Å²) in [6, 6.07) is 18.9. The summed E-state index contributed by atoms with van der Waals surface area (Å²) in [5.74, 6) is -1.54. The van der Waals surface area contributed by atoms with Crippen molar-refractivity contribution in [2.45, 2.75) is 19.4 Å². The smallest absolute Gasteiger partial charge is 0.337 e. The average Bonchev–Trinajstić information content (AvgIpc) is 3.20. The molecule has 0 bridgehead atoms. The first kappa shape index (κ1) is 25.5. The fraction of sp³-hybridized carbons (Fsp3) is 0.207. The predicted molar refractivity (Wildman–Crippen MR) is 138 cm³/mol. The second-order valence-electron chi connectivity index (χ2n) is 8.33. The van der Waals surface area contributed by atoms with E-state index >= 15 is 0 Å². The van der Waals surface area contributed by atoms with E-state index in [4.69, 9.17) is 14.2 Å². The van der Waals surface area contributed by atoms with Crippen LogP contribution in [0.2, 0.25) is 0 Å². The molecule has 0 aliphatic carbocycles. The minimum atomic E-state index is -0.986. The molecule has 1 amide bonds. The number of carbonyl (C=O) groups is 3. The molecule has 3 aromatic carbocycles. The first-order chi connectivity index (χ1) is 17.9. The minimum absolute atomic E-state index is 0.0841. The fourth-order valence-corrected chi connectivity index (χ4v) is 4.27. The number of benzene rings is 3. The number of rotatable bonds is 8. The number of carbonyl (C=O) groups excluding carboxylic acids is 3. The Kier molecular flexibility index (Phi) is 7.57. The van der Waals surface area contributed by atoms with Crippen LogP contribution in [0.25, 0.3) is 5.76 Å². The van der Waals surface area contributed by atoms with Gasteiger partial charge in [-0.05, 0) is 48.9 Å². The van der Waals surface area contributed by atoms with Crippen molar-refractivity contribution in [1.29, 1.82) is 0 Å². The number of hydrogen-bond donors (Lipinski definition) is 1. The molecule has 3 aromatic rings. The molecule has 0 aromatic heterocycles. The van der Waals surface area contributed by atoms with Gasteiger partial charge in [-0.3, -0.25) is 14.5 Å². The van der Waals surface area contributed by atoms with E-state index in [0.717, 1.165) is 6.42 Å². The fourth-order valence-electron chi connectivity index (χ4n) is 4.27. The highest BCUT2D eigenvalue weighted by Gasteiger charge is 2.48. The van der Waals surface area contributed by atoms with Crippen LogP contribution in [0.4, 0.5) is 5.69 Å². The van der Waals surface area contributed by atoms with Gasteiger partial charge in [-0.2, -0.15) is 0 Å². The van der Waals surface area contributed by atoms with Crippen molar-refractivity contribution in [2.24, 2.45) is 0 Å². The number of aliphatic hydroxyl groups is 1. The summed E-state index contributed by atoms with van der Waals surface area (Å²) < 4.78 is 16.0. The monoisotopic (exact) mass is 501 g/mol. The third-order valence-corrected chi connectivity index (χ3v) is 6.02. The molecule has 1 atom stereocenters. The molecule has 1 aliphatic heterocycles. The summed E-state index contributed by atoms with van der Waals surface area (Å²) in [5.41, 5.74) is 1.43. The van der Waals surface area contributed by atoms with Gasteiger partial charge < -0.3 is 19.3 Å². The first-order valence-corrected chi connectivity index (χ1v) is 11.8. The van der Waals surface area contributed by atoms with Gasteiger partial charge in [-0.25, -0.2) is 4.79 Å². The molecule has 0 spiro atoms. The lowest BCUT2D eigenvalue weighted by atomic mass is 9.94. The van der Waals surface area contributed by atoms with Crippen molar-refractivity contribution < 1.29 is 33.7 Å². The average molecular weight is 502 g/mol. The van der Waals surface area contributed by atoms with E-state index in [0.29, 0.717) is 40.5 Å². The SMILES string of the molecule is CCCOc1cccc(/C(O)=C2\C(=O)C(=O)N(c3ccc(C(=O)OC)cc3)C2c2ccccc2OC)c1. The molecule has 1 saturated heterocycles. The van der Waals surface area contributed by atoms with E-state index in [9.17, 15) is 19.5 Å². The molecular formula is C29H27NO7. The molecule has 0 saturated carbocycles. The number of ether oxygens (including phenoxy) is 3. The molecule has 1 aliphatic rings. The molecule has 1 heterocycles. The summed E-state index contributed by atoms with van der Waals surface area (Å²) in [5, 5.41) is 11.4. The third kappa shape index (κ3) is 4.91. The zero-order valence-corrected chi connectivity index (χ0v) is 20.8. The largest absolute Gasteiger partial charge is 0.507 e. The van der Waals surface area contributed by atoms with E-state index < -0.39 is 23.7 Å². The van der Waals surface area contributed by atoms with Gasteiger partial charge in [-0.15, -0.1) is 0 Å². The number of Topliss-reactive ketones (excluding diaryl/α,β-unsaturated/α-hetero) is 1. The Morgan fingerprint density at radius 2 is 1.68 bits per heavy atom. The summed E-state index contributed by atoms with van der Waals surface area (Å²) in [4.78, 5) is 40.0. The van der Waals surface area contributed by atoms with Crippen LogP contribution in [0.15, 0.2) is 78.4 Å². The molecule has 190 valence electrons. The number of aliphatic hydroxyl groups excluding tert-OH is 1. The van der Waals surface area contributed by atoms with Crippen LogP contribution < -0.4 is 14.4 Å². The maximum Gasteiger partial charge on any atom is 0.337 e. The summed E-state index contributed by atoms with van der Waals surface area (Å²) in [7, 11) is 2.77. The number of esters is 1. The Labute approximate surface area is 214 Å². The standard InChI is InChI=1S/C29H27NO7/c1-4-16-37-21-9-7-8-19(17-21)26(31)24-25(22-10-5-6-11-23(22)35-2)30(28(33)27(24)32)20-14-12-18(13-15-20)29(34)36-3/h5-15,17,25,31H,4,16H2,1-3H3/b26-24+. The summed E-state index contributed by atoms with van der Waals surface area (Å²) in [6.45, 7) is 2.48. The van der Waals surface area contributed by atoms with Crippen molar-refractivity contribution in [3.8, 4) is 11.5 Å². The number of nitrogens with zero attached hydrogens (tertiary/aromatic N) is 1. The van der Waals surface area contributed by atoms with Crippen molar-refractivity contribution in [2.75, 3.05) is 25.7 Å². The Morgan fingerprint density at radius 1 is 0.946 bits per heavy atom. The van der Waals surface area contributed by atoms with E-state index in [2.05, 4.69) is 0 Å². The van der Waals surface area contributed by atoms with Crippen LogP contribution >= 0.6 is 0 Å². The molecule has 1 fully saturated rings. The molecule has 8 heteroatoms. The zero-order chi connectivity index (χ0) is 26.5. The van der Waals surface area contributed by atoms with Crippen molar-refractivity contribution in [3.63, 3.8) is 0 Å². The molecule has 4 rings (SSSR count). The van der Waals surface area contributed by atoms with Crippen molar-refractivity contribution >= 4 is 29.1 Å². The van der Waals surface area contributed by atoms with E-state index in [1.165, 1.54) is 31.3 Å². The lowest BCUT2D eigenvalue weighted by Gasteiger charge is -2.26. The second kappa shape index (κ2) is 11.0. The second-order valence-corrected chi connectivity index (χ2v) is 8.33. The highest BCUT2D eigenvalue weighted by molar-refractivity contribution is 6.51. The van der Waals surface area contributed by atoms with E-state index in [-0.39, 0.29) is 11.3 Å². The zero-order valence-electron chi connectivity index (χ0n) is 20.8. The van der Waals surface area contributed by atoms with E-state index in [1.54, 1.807) is 60.7 Å². The quantitative estimate of drug-likeness (QED) is 0.203. The van der Waals surface area contributed by atoms with Crippen LogP contribution in [0.3, 0.4) is 0 Å². The van der Waals surface area contributed by atoms with Crippen molar-refractivity contribution in [1.82, 2.24) is 0 Å². The summed E-state index contributed by atoms with van der Waals surface area (Å²) in [6.07, 6.45) is 0.809.